The molecule has 0 aliphatic heterocycles. The molecule has 5 nitrogen and oxygen atoms in total. The van der Waals surface area contributed by atoms with Crippen LogP contribution in [0.4, 0.5) is 10.2 Å². The third kappa shape index (κ3) is 3.60. The molecule has 0 aliphatic rings. The van der Waals surface area contributed by atoms with Crippen LogP contribution in [0, 0.1) is 5.82 Å². The van der Waals surface area contributed by atoms with Gasteiger partial charge in [0.1, 0.15) is 11.6 Å². The summed E-state index contributed by atoms with van der Waals surface area (Å²) in [7, 11) is 0. The molecule has 0 aliphatic carbocycles. The number of halogens is 2. The second-order valence-corrected chi connectivity index (χ2v) is 6.89. The lowest BCUT2D eigenvalue weighted by atomic mass is 10.1. The summed E-state index contributed by atoms with van der Waals surface area (Å²) in [5.74, 6) is 0.151. The Labute approximate surface area is 163 Å². The summed E-state index contributed by atoms with van der Waals surface area (Å²) in [6, 6.07) is 15.1. The Balaban J connectivity index is 1.73. The predicted octanol–water partition coefficient (Wildman–Crippen LogP) is 5.02. The fourth-order valence-corrected chi connectivity index (χ4v) is 3.49. The van der Waals surface area contributed by atoms with Gasteiger partial charge >= 0.3 is 0 Å². The van der Waals surface area contributed by atoms with Gasteiger partial charge in [0.05, 0.1) is 11.4 Å². The van der Waals surface area contributed by atoms with Gasteiger partial charge in [-0.25, -0.2) is 9.37 Å². The van der Waals surface area contributed by atoms with Gasteiger partial charge in [-0.2, -0.15) is 9.78 Å². The minimum atomic E-state index is -0.322. The monoisotopic (exact) mass is 398 g/mol. The minimum Gasteiger partial charge on any atom is -0.313 e. The first-order valence-corrected chi connectivity index (χ1v) is 9.18. The SMILES string of the molecule is O=CNc1cc(-c2ccc(F)cc2)nn1-c1nc(-c2ccc(Cl)cc2)cs1. The van der Waals surface area contributed by atoms with Crippen molar-refractivity contribution in [3.63, 3.8) is 0 Å². The molecule has 0 saturated heterocycles. The Morgan fingerprint density at radius 1 is 1.04 bits per heavy atom. The molecule has 4 rings (SSSR count). The third-order valence-electron chi connectivity index (χ3n) is 3.87. The number of rotatable bonds is 5. The van der Waals surface area contributed by atoms with Crippen molar-refractivity contribution < 1.29 is 9.18 Å². The molecule has 8 heteroatoms. The molecule has 0 unspecified atom stereocenters. The van der Waals surface area contributed by atoms with Gasteiger partial charge in [-0.05, 0) is 36.4 Å². The Morgan fingerprint density at radius 2 is 1.70 bits per heavy atom. The zero-order valence-corrected chi connectivity index (χ0v) is 15.3. The van der Waals surface area contributed by atoms with E-state index >= 15 is 0 Å². The number of amides is 1. The number of thiazole rings is 1. The molecule has 0 spiro atoms. The van der Waals surface area contributed by atoms with E-state index in [0.29, 0.717) is 28.1 Å². The lowest BCUT2D eigenvalue weighted by Gasteiger charge is -2.01. The topological polar surface area (TPSA) is 59.8 Å². The van der Waals surface area contributed by atoms with Crippen molar-refractivity contribution in [1.29, 1.82) is 0 Å². The molecule has 27 heavy (non-hydrogen) atoms. The normalized spacial score (nSPS) is 10.7. The molecule has 1 N–H and O–H groups in total. The number of aromatic nitrogens is 3. The largest absolute Gasteiger partial charge is 0.313 e. The van der Waals surface area contributed by atoms with Crippen LogP contribution in [0.1, 0.15) is 0 Å². The summed E-state index contributed by atoms with van der Waals surface area (Å²) < 4.78 is 14.7. The molecule has 0 atom stereocenters. The fraction of sp³-hybridized carbons (Fsp3) is 0. The van der Waals surface area contributed by atoms with Crippen LogP contribution in [0.3, 0.4) is 0 Å². The second kappa shape index (κ2) is 7.30. The molecular weight excluding hydrogens is 387 g/mol. The van der Waals surface area contributed by atoms with Gasteiger partial charge in [-0.1, -0.05) is 23.7 Å². The summed E-state index contributed by atoms with van der Waals surface area (Å²) >= 11 is 7.32. The minimum absolute atomic E-state index is 0.322. The Morgan fingerprint density at radius 3 is 2.41 bits per heavy atom. The Bertz CT molecular complexity index is 1090. The van der Waals surface area contributed by atoms with E-state index in [9.17, 15) is 9.18 Å². The summed E-state index contributed by atoms with van der Waals surface area (Å²) in [6.45, 7) is 0. The van der Waals surface area contributed by atoms with E-state index in [1.54, 1.807) is 35.0 Å². The highest BCUT2D eigenvalue weighted by Gasteiger charge is 2.14. The van der Waals surface area contributed by atoms with Crippen molar-refractivity contribution in [3.8, 4) is 27.6 Å². The van der Waals surface area contributed by atoms with E-state index < -0.39 is 0 Å². The second-order valence-electron chi connectivity index (χ2n) is 5.62. The van der Waals surface area contributed by atoms with Crippen molar-refractivity contribution in [2.75, 3.05) is 5.32 Å². The standard InChI is InChI=1S/C19H12ClFN4OS/c20-14-5-1-13(2-6-14)17-10-27-19(23-17)25-18(22-11-26)9-16(24-25)12-3-7-15(21)8-4-12/h1-11H,(H,22,26). The van der Waals surface area contributed by atoms with Crippen molar-refractivity contribution in [2.24, 2.45) is 0 Å². The molecule has 0 bridgehead atoms. The van der Waals surface area contributed by atoms with Gasteiger partial charge in [-0.3, -0.25) is 4.79 Å². The van der Waals surface area contributed by atoms with E-state index in [-0.39, 0.29) is 5.82 Å². The fourth-order valence-electron chi connectivity index (χ4n) is 2.57. The molecule has 1 amide bonds. The average Bonchev–Trinajstić information content (AvgIpc) is 3.31. The van der Waals surface area contributed by atoms with E-state index in [1.165, 1.54) is 23.5 Å². The van der Waals surface area contributed by atoms with E-state index in [4.69, 9.17) is 11.6 Å². The van der Waals surface area contributed by atoms with Crippen molar-refractivity contribution in [3.05, 3.63) is 70.8 Å². The molecule has 134 valence electrons. The molecule has 2 heterocycles. The molecule has 2 aromatic heterocycles. The Hall–Kier alpha value is -3.03. The van der Waals surface area contributed by atoms with Gasteiger partial charge in [0.15, 0.2) is 0 Å². The maximum absolute atomic E-state index is 13.2. The van der Waals surface area contributed by atoms with Crippen LogP contribution in [-0.4, -0.2) is 21.2 Å². The van der Waals surface area contributed by atoms with Gasteiger partial charge in [0.25, 0.3) is 0 Å². The molecular formula is C19H12ClFN4OS. The van der Waals surface area contributed by atoms with Crippen LogP contribution in [0.15, 0.2) is 60.0 Å². The number of anilines is 1. The molecule has 2 aromatic carbocycles. The van der Waals surface area contributed by atoms with Crippen molar-refractivity contribution in [2.45, 2.75) is 0 Å². The number of hydrogen-bond acceptors (Lipinski definition) is 4. The van der Waals surface area contributed by atoms with Crippen LogP contribution < -0.4 is 5.32 Å². The van der Waals surface area contributed by atoms with Crippen LogP contribution >= 0.6 is 22.9 Å². The van der Waals surface area contributed by atoms with Crippen LogP contribution in [0.2, 0.25) is 5.02 Å². The highest BCUT2D eigenvalue weighted by Crippen LogP contribution is 2.29. The molecule has 0 fully saturated rings. The summed E-state index contributed by atoms with van der Waals surface area (Å²) in [5.41, 5.74) is 3.04. The van der Waals surface area contributed by atoms with Gasteiger partial charge in [0, 0.05) is 27.6 Å². The number of nitrogens with one attached hydrogen (secondary N) is 1. The highest BCUT2D eigenvalue weighted by molar-refractivity contribution is 7.12. The van der Waals surface area contributed by atoms with Gasteiger partial charge in [0.2, 0.25) is 11.5 Å². The van der Waals surface area contributed by atoms with Crippen LogP contribution in [0.25, 0.3) is 27.6 Å². The smallest absolute Gasteiger partial charge is 0.212 e. The number of hydrogen-bond donors (Lipinski definition) is 1. The molecule has 4 aromatic rings. The maximum atomic E-state index is 13.2. The summed E-state index contributed by atoms with van der Waals surface area (Å²) in [4.78, 5) is 15.6. The maximum Gasteiger partial charge on any atom is 0.212 e. The Kier molecular flexibility index (Phi) is 4.70. The quantitative estimate of drug-likeness (QED) is 0.480. The molecule has 0 saturated carbocycles. The summed E-state index contributed by atoms with van der Waals surface area (Å²) in [6.07, 6.45) is 0.579. The number of carbonyl (C=O) groups excluding carboxylic acids is 1. The van der Waals surface area contributed by atoms with Crippen LogP contribution in [-0.2, 0) is 4.79 Å². The number of carbonyl (C=O) groups is 1. The predicted molar refractivity (Wildman–Crippen MR) is 105 cm³/mol. The number of nitrogens with zero attached hydrogens (tertiary/aromatic N) is 3. The van der Waals surface area contributed by atoms with E-state index in [0.717, 1.165) is 16.8 Å². The first kappa shape index (κ1) is 17.4. The lowest BCUT2D eigenvalue weighted by molar-refractivity contribution is -0.105. The van der Waals surface area contributed by atoms with Crippen molar-refractivity contribution >= 4 is 35.2 Å². The zero-order chi connectivity index (χ0) is 18.8. The first-order chi connectivity index (χ1) is 13.1. The zero-order valence-electron chi connectivity index (χ0n) is 13.8. The summed E-state index contributed by atoms with van der Waals surface area (Å²) in [5, 5.41) is 10.3. The molecule has 0 radical (unpaired) electrons. The lowest BCUT2D eigenvalue weighted by Crippen LogP contribution is -2.04. The van der Waals surface area contributed by atoms with Gasteiger partial charge < -0.3 is 5.32 Å². The van der Waals surface area contributed by atoms with E-state index in [2.05, 4.69) is 15.4 Å². The average molecular weight is 399 g/mol. The van der Waals surface area contributed by atoms with E-state index in [1.807, 2.05) is 17.5 Å². The highest BCUT2D eigenvalue weighted by atomic mass is 35.5. The van der Waals surface area contributed by atoms with Crippen molar-refractivity contribution in [1.82, 2.24) is 14.8 Å². The van der Waals surface area contributed by atoms with Gasteiger partial charge in [-0.15, -0.1) is 11.3 Å². The van der Waals surface area contributed by atoms with Crippen LogP contribution in [0.5, 0.6) is 0 Å². The first-order valence-electron chi connectivity index (χ1n) is 7.92. The number of benzene rings is 2. The third-order valence-corrected chi connectivity index (χ3v) is 4.94.